The number of halogens is 2. The van der Waals surface area contributed by atoms with E-state index in [-0.39, 0.29) is 24.2 Å². The van der Waals surface area contributed by atoms with Gasteiger partial charge in [0.05, 0.1) is 6.61 Å². The summed E-state index contributed by atoms with van der Waals surface area (Å²) in [6, 6.07) is 0. The quantitative estimate of drug-likeness (QED) is 0.645. The van der Waals surface area contributed by atoms with Crippen molar-refractivity contribution in [1.82, 2.24) is 19.9 Å². The van der Waals surface area contributed by atoms with Crippen LogP contribution in [0.25, 0.3) is 11.2 Å². The Morgan fingerprint density at radius 2 is 2.00 bits per heavy atom. The molecule has 0 amide bonds. The molecule has 0 unspecified atom stereocenters. The summed E-state index contributed by atoms with van der Waals surface area (Å²) in [5.41, 5.74) is -0.966. The van der Waals surface area contributed by atoms with Crippen LogP contribution in [0.1, 0.15) is 5.82 Å². The fraction of sp³-hybridized carbons (Fsp3) is 0.444. The average molecular weight is 260 g/mol. The van der Waals surface area contributed by atoms with Crippen molar-refractivity contribution in [3.05, 3.63) is 26.7 Å². The molecule has 0 fully saturated rings. The third-order valence-corrected chi connectivity index (χ3v) is 2.17. The summed E-state index contributed by atoms with van der Waals surface area (Å²) in [6.45, 7) is -0.593. The molecule has 0 bridgehead atoms. The number of H-pyrrole nitrogens is 3. The minimum absolute atomic E-state index is 0.0479. The van der Waals surface area contributed by atoms with Crippen LogP contribution in [0.5, 0.6) is 0 Å². The first-order valence-electron chi connectivity index (χ1n) is 5.13. The first kappa shape index (κ1) is 12.4. The Kier molecular flexibility index (Phi) is 3.51. The zero-order valence-electron chi connectivity index (χ0n) is 9.13. The summed E-state index contributed by atoms with van der Waals surface area (Å²) in [7, 11) is 0. The second kappa shape index (κ2) is 5.08. The highest BCUT2D eigenvalue weighted by molar-refractivity contribution is 5.68. The number of fused-ring (bicyclic) bond motifs is 1. The number of imidazole rings is 1. The fourth-order valence-electron chi connectivity index (χ4n) is 1.44. The van der Waals surface area contributed by atoms with Crippen molar-refractivity contribution < 1.29 is 13.5 Å². The molecule has 9 heteroatoms. The van der Waals surface area contributed by atoms with Gasteiger partial charge < -0.3 is 9.72 Å². The van der Waals surface area contributed by atoms with Crippen LogP contribution in [0.3, 0.4) is 0 Å². The third kappa shape index (κ3) is 2.80. The van der Waals surface area contributed by atoms with Gasteiger partial charge in [-0.2, -0.15) is 0 Å². The molecule has 0 saturated heterocycles. The van der Waals surface area contributed by atoms with Crippen LogP contribution < -0.4 is 11.2 Å². The van der Waals surface area contributed by atoms with E-state index in [0.29, 0.717) is 5.82 Å². The number of nitrogens with zero attached hydrogens (tertiary/aromatic N) is 1. The van der Waals surface area contributed by atoms with E-state index in [1.807, 2.05) is 4.98 Å². The predicted octanol–water partition coefficient (Wildman–Crippen LogP) is -0.236. The molecule has 0 spiro atoms. The molecular weight excluding hydrogens is 250 g/mol. The van der Waals surface area contributed by atoms with Crippen LogP contribution in [0.15, 0.2) is 9.59 Å². The van der Waals surface area contributed by atoms with Gasteiger partial charge in [0.2, 0.25) is 0 Å². The van der Waals surface area contributed by atoms with Crippen LogP contribution in [-0.4, -0.2) is 39.6 Å². The lowest BCUT2D eigenvalue weighted by molar-refractivity contribution is 0.0183. The van der Waals surface area contributed by atoms with E-state index in [0.717, 1.165) is 0 Å². The first-order chi connectivity index (χ1) is 8.56. The Bertz CT molecular complexity index is 645. The zero-order valence-corrected chi connectivity index (χ0v) is 9.13. The van der Waals surface area contributed by atoms with Crippen molar-refractivity contribution in [2.24, 2.45) is 0 Å². The monoisotopic (exact) mass is 260 g/mol. The van der Waals surface area contributed by atoms with E-state index in [2.05, 4.69) is 19.7 Å². The topological polar surface area (TPSA) is 104 Å². The SMILES string of the molecule is O=c1[nH]c(=O)c2[nH]c(CCOCC(F)F)nc2[nH]1. The van der Waals surface area contributed by atoms with Crippen LogP contribution in [0.4, 0.5) is 8.78 Å². The van der Waals surface area contributed by atoms with E-state index >= 15 is 0 Å². The third-order valence-electron chi connectivity index (χ3n) is 2.17. The molecule has 0 aliphatic carbocycles. The molecule has 0 aromatic carbocycles. The maximum absolute atomic E-state index is 11.8. The number of hydrogen-bond acceptors (Lipinski definition) is 4. The van der Waals surface area contributed by atoms with E-state index in [1.54, 1.807) is 0 Å². The molecule has 2 aromatic rings. The number of nitrogens with one attached hydrogen (secondary N) is 3. The molecule has 0 aliphatic rings. The summed E-state index contributed by atoms with van der Waals surface area (Å²) in [4.78, 5) is 33.4. The lowest BCUT2D eigenvalue weighted by Crippen LogP contribution is -2.21. The Labute approximate surface area is 98.2 Å². The largest absolute Gasteiger partial charge is 0.375 e. The van der Waals surface area contributed by atoms with Crippen molar-refractivity contribution in [2.75, 3.05) is 13.2 Å². The Morgan fingerprint density at radius 1 is 1.22 bits per heavy atom. The molecule has 2 aromatic heterocycles. The molecular formula is C9H10F2N4O3. The first-order valence-corrected chi connectivity index (χ1v) is 5.13. The Balaban J connectivity index is 2.09. The number of alkyl halides is 2. The summed E-state index contributed by atoms with van der Waals surface area (Å²) >= 11 is 0. The number of hydrogen-bond donors (Lipinski definition) is 3. The van der Waals surface area contributed by atoms with Crippen LogP contribution >= 0.6 is 0 Å². The molecule has 18 heavy (non-hydrogen) atoms. The molecule has 3 N–H and O–H groups in total. The normalized spacial score (nSPS) is 11.5. The highest BCUT2D eigenvalue weighted by atomic mass is 19.3. The molecule has 2 rings (SSSR count). The smallest absolute Gasteiger partial charge is 0.327 e. The van der Waals surface area contributed by atoms with Crippen LogP contribution in [0, 0.1) is 0 Å². The summed E-state index contributed by atoms with van der Waals surface area (Å²) in [6.07, 6.45) is -2.28. The Morgan fingerprint density at radius 3 is 2.72 bits per heavy atom. The molecule has 2 heterocycles. The minimum Gasteiger partial charge on any atom is -0.375 e. The van der Waals surface area contributed by atoms with Gasteiger partial charge in [0.15, 0.2) is 5.65 Å². The van der Waals surface area contributed by atoms with Gasteiger partial charge in [0.25, 0.3) is 12.0 Å². The number of aromatic nitrogens is 4. The molecule has 0 atom stereocenters. The van der Waals surface area contributed by atoms with Gasteiger partial charge in [-0.15, -0.1) is 0 Å². The lowest BCUT2D eigenvalue weighted by Gasteiger charge is -2.00. The second-order valence-corrected chi connectivity index (χ2v) is 3.53. The summed E-state index contributed by atoms with van der Waals surface area (Å²) in [5, 5.41) is 0. The highest BCUT2D eigenvalue weighted by Crippen LogP contribution is 2.02. The standard InChI is InChI=1S/C9H10F2N4O3/c10-4(11)3-18-2-1-5-12-6-7(13-5)14-9(17)15-8(6)16/h4H,1-3H2,(H3,12,13,14,15,16,17). The van der Waals surface area contributed by atoms with E-state index in [1.165, 1.54) is 0 Å². The van der Waals surface area contributed by atoms with Crippen molar-refractivity contribution in [3.63, 3.8) is 0 Å². The van der Waals surface area contributed by atoms with Crippen LogP contribution in [-0.2, 0) is 11.2 Å². The van der Waals surface area contributed by atoms with Crippen molar-refractivity contribution in [3.8, 4) is 0 Å². The van der Waals surface area contributed by atoms with Gasteiger partial charge in [-0.05, 0) is 0 Å². The van der Waals surface area contributed by atoms with Crippen molar-refractivity contribution in [2.45, 2.75) is 12.8 Å². The summed E-state index contributed by atoms with van der Waals surface area (Å²) in [5.74, 6) is 0.381. The zero-order chi connectivity index (χ0) is 13.1. The van der Waals surface area contributed by atoms with E-state index in [9.17, 15) is 18.4 Å². The summed E-state index contributed by atoms with van der Waals surface area (Å²) < 4.78 is 28.3. The molecule has 0 radical (unpaired) electrons. The fourth-order valence-corrected chi connectivity index (χ4v) is 1.44. The predicted molar refractivity (Wildman–Crippen MR) is 57.9 cm³/mol. The van der Waals surface area contributed by atoms with Crippen molar-refractivity contribution in [1.29, 1.82) is 0 Å². The van der Waals surface area contributed by atoms with Gasteiger partial charge in [-0.1, -0.05) is 0 Å². The minimum atomic E-state index is -2.51. The number of ether oxygens (including phenoxy) is 1. The van der Waals surface area contributed by atoms with Gasteiger partial charge >= 0.3 is 5.69 Å². The molecule has 98 valence electrons. The maximum atomic E-state index is 11.8. The molecule has 7 nitrogen and oxygen atoms in total. The van der Waals surface area contributed by atoms with Gasteiger partial charge in [0.1, 0.15) is 17.9 Å². The lowest BCUT2D eigenvalue weighted by atomic mass is 10.4. The number of rotatable bonds is 5. The van der Waals surface area contributed by atoms with E-state index < -0.39 is 24.3 Å². The van der Waals surface area contributed by atoms with Gasteiger partial charge in [0, 0.05) is 6.42 Å². The molecule has 0 aliphatic heterocycles. The number of aromatic amines is 3. The maximum Gasteiger partial charge on any atom is 0.327 e. The van der Waals surface area contributed by atoms with Crippen LogP contribution in [0.2, 0.25) is 0 Å². The molecule has 0 saturated carbocycles. The highest BCUT2D eigenvalue weighted by Gasteiger charge is 2.08. The average Bonchev–Trinajstić information content (AvgIpc) is 2.67. The van der Waals surface area contributed by atoms with E-state index in [4.69, 9.17) is 0 Å². The van der Waals surface area contributed by atoms with Crippen molar-refractivity contribution >= 4 is 11.2 Å². The Hall–Kier alpha value is -2.03. The second-order valence-electron chi connectivity index (χ2n) is 3.53. The van der Waals surface area contributed by atoms with Gasteiger partial charge in [-0.3, -0.25) is 14.8 Å². The van der Waals surface area contributed by atoms with Gasteiger partial charge in [-0.25, -0.2) is 18.6 Å².